The molecule has 2 aromatic heterocycles. The lowest BCUT2D eigenvalue weighted by Gasteiger charge is -2.29. The highest BCUT2D eigenvalue weighted by molar-refractivity contribution is 7.16. The van der Waals surface area contributed by atoms with Gasteiger partial charge in [0.2, 0.25) is 5.95 Å². The molecule has 5 nitrogen and oxygen atoms in total. The summed E-state index contributed by atoms with van der Waals surface area (Å²) in [7, 11) is 2.20. The van der Waals surface area contributed by atoms with Crippen LogP contribution in [-0.2, 0) is 0 Å². The van der Waals surface area contributed by atoms with Gasteiger partial charge in [-0.3, -0.25) is 0 Å². The van der Waals surface area contributed by atoms with Crippen molar-refractivity contribution in [2.24, 2.45) is 0 Å². The summed E-state index contributed by atoms with van der Waals surface area (Å²) in [5, 5.41) is 6.54. The molecular formula is C15H23N5S. The first-order chi connectivity index (χ1) is 10.2. The van der Waals surface area contributed by atoms with Gasteiger partial charge in [0.05, 0.1) is 5.39 Å². The Kier molecular flexibility index (Phi) is 4.26. The summed E-state index contributed by atoms with van der Waals surface area (Å²) >= 11 is 1.68. The normalized spacial score (nSPS) is 20.7. The second-order valence-corrected chi connectivity index (χ2v) is 6.59. The number of anilines is 2. The largest absolute Gasteiger partial charge is 0.354 e. The second kappa shape index (κ2) is 6.15. The Morgan fingerprint density at radius 1 is 1.38 bits per heavy atom. The Bertz CT molecular complexity index is 611. The molecule has 2 aromatic rings. The minimum absolute atomic E-state index is 0.463. The number of fused-ring (bicyclic) bond motifs is 1. The third-order valence-corrected chi connectivity index (χ3v) is 4.77. The maximum absolute atomic E-state index is 4.80. The molecule has 1 unspecified atom stereocenters. The average Bonchev–Trinajstić information content (AvgIpc) is 2.84. The van der Waals surface area contributed by atoms with E-state index in [0.29, 0.717) is 6.04 Å². The first-order valence-corrected chi connectivity index (χ1v) is 8.51. The summed E-state index contributed by atoms with van der Waals surface area (Å²) < 4.78 is 0. The smallest absolute Gasteiger partial charge is 0.226 e. The van der Waals surface area contributed by atoms with Crippen LogP contribution in [0.2, 0.25) is 0 Å². The van der Waals surface area contributed by atoms with E-state index < -0.39 is 0 Å². The van der Waals surface area contributed by atoms with E-state index in [1.165, 1.54) is 11.8 Å². The lowest BCUT2D eigenvalue weighted by molar-refractivity contribution is 0.337. The molecule has 0 aromatic carbocycles. The summed E-state index contributed by atoms with van der Waals surface area (Å²) in [5.74, 6) is 1.83. The van der Waals surface area contributed by atoms with Crippen molar-refractivity contribution in [2.45, 2.75) is 26.3 Å². The average molecular weight is 305 g/mol. The number of nitrogens with one attached hydrogen (secondary N) is 1. The van der Waals surface area contributed by atoms with Crippen molar-refractivity contribution in [1.82, 2.24) is 14.9 Å². The standard InChI is InChI=1S/C15H23N5S/c1-4-16-15-17-13(12-6-9-21-14(12)18-15)20-8-5-7-19(3)10-11(20)2/h6,9,11H,4-5,7-8,10H2,1-3H3,(H,16,17,18). The van der Waals surface area contributed by atoms with Crippen molar-refractivity contribution in [3.8, 4) is 0 Å². The molecule has 0 bridgehead atoms. The van der Waals surface area contributed by atoms with Crippen molar-refractivity contribution in [2.75, 3.05) is 43.4 Å². The third-order valence-electron chi connectivity index (χ3n) is 3.96. The fourth-order valence-corrected chi connectivity index (χ4v) is 3.74. The quantitative estimate of drug-likeness (QED) is 0.944. The molecule has 3 rings (SSSR count). The van der Waals surface area contributed by atoms with Crippen LogP contribution < -0.4 is 10.2 Å². The molecule has 0 spiro atoms. The SMILES string of the molecule is CCNc1nc(N2CCCN(C)CC2C)c2ccsc2n1. The number of thiophene rings is 1. The first-order valence-electron chi connectivity index (χ1n) is 7.63. The van der Waals surface area contributed by atoms with Crippen LogP contribution in [0.5, 0.6) is 0 Å². The van der Waals surface area contributed by atoms with Gasteiger partial charge in [-0.15, -0.1) is 11.3 Å². The monoisotopic (exact) mass is 305 g/mol. The van der Waals surface area contributed by atoms with E-state index in [2.05, 4.69) is 52.4 Å². The van der Waals surface area contributed by atoms with Gasteiger partial charge in [-0.1, -0.05) is 0 Å². The van der Waals surface area contributed by atoms with Gasteiger partial charge in [0.1, 0.15) is 10.6 Å². The van der Waals surface area contributed by atoms with Crippen LogP contribution >= 0.6 is 11.3 Å². The zero-order valence-corrected chi connectivity index (χ0v) is 13.8. The molecule has 0 aliphatic carbocycles. The van der Waals surface area contributed by atoms with E-state index >= 15 is 0 Å². The Balaban J connectivity index is 2.02. The van der Waals surface area contributed by atoms with Crippen LogP contribution in [0.1, 0.15) is 20.3 Å². The Hall–Kier alpha value is -1.40. The van der Waals surface area contributed by atoms with E-state index in [1.54, 1.807) is 11.3 Å². The van der Waals surface area contributed by atoms with Crippen LogP contribution in [-0.4, -0.2) is 54.1 Å². The summed E-state index contributed by atoms with van der Waals surface area (Å²) in [6.45, 7) is 8.48. The molecule has 3 heterocycles. The zero-order valence-electron chi connectivity index (χ0n) is 13.0. The van der Waals surface area contributed by atoms with Crippen LogP contribution in [0, 0.1) is 0 Å². The maximum atomic E-state index is 4.80. The Labute approximate surface area is 130 Å². The minimum atomic E-state index is 0.463. The Morgan fingerprint density at radius 2 is 2.24 bits per heavy atom. The maximum Gasteiger partial charge on any atom is 0.226 e. The van der Waals surface area contributed by atoms with Gasteiger partial charge < -0.3 is 15.1 Å². The van der Waals surface area contributed by atoms with E-state index in [4.69, 9.17) is 4.98 Å². The predicted octanol–water partition coefficient (Wildman–Crippen LogP) is 2.65. The van der Waals surface area contributed by atoms with E-state index in [1.807, 2.05) is 0 Å². The van der Waals surface area contributed by atoms with Crippen LogP contribution in [0.15, 0.2) is 11.4 Å². The summed E-state index contributed by atoms with van der Waals surface area (Å²) in [5.41, 5.74) is 0. The number of hydrogen-bond acceptors (Lipinski definition) is 6. The highest BCUT2D eigenvalue weighted by Crippen LogP contribution is 2.31. The molecule has 6 heteroatoms. The van der Waals surface area contributed by atoms with Gasteiger partial charge >= 0.3 is 0 Å². The van der Waals surface area contributed by atoms with Crippen LogP contribution in [0.4, 0.5) is 11.8 Å². The van der Waals surface area contributed by atoms with Crippen molar-refractivity contribution in [3.63, 3.8) is 0 Å². The number of aromatic nitrogens is 2. The molecule has 1 N–H and O–H groups in total. The van der Waals surface area contributed by atoms with Crippen molar-refractivity contribution in [3.05, 3.63) is 11.4 Å². The number of rotatable bonds is 3. The fourth-order valence-electron chi connectivity index (χ4n) is 2.98. The molecule has 1 atom stereocenters. The van der Waals surface area contributed by atoms with Gasteiger partial charge in [-0.05, 0) is 45.3 Å². The van der Waals surface area contributed by atoms with Crippen molar-refractivity contribution < 1.29 is 0 Å². The topological polar surface area (TPSA) is 44.3 Å². The van der Waals surface area contributed by atoms with Gasteiger partial charge in [0.25, 0.3) is 0 Å². The van der Waals surface area contributed by atoms with E-state index in [9.17, 15) is 0 Å². The number of likely N-dealkylation sites (N-methyl/N-ethyl adjacent to an activating group) is 1. The number of nitrogens with zero attached hydrogens (tertiary/aromatic N) is 4. The molecular weight excluding hydrogens is 282 g/mol. The van der Waals surface area contributed by atoms with Crippen molar-refractivity contribution in [1.29, 1.82) is 0 Å². The number of hydrogen-bond donors (Lipinski definition) is 1. The van der Waals surface area contributed by atoms with Gasteiger partial charge in [-0.2, -0.15) is 4.98 Å². The highest BCUT2D eigenvalue weighted by Gasteiger charge is 2.23. The van der Waals surface area contributed by atoms with Crippen LogP contribution in [0.25, 0.3) is 10.2 Å². The minimum Gasteiger partial charge on any atom is -0.354 e. The molecule has 21 heavy (non-hydrogen) atoms. The zero-order chi connectivity index (χ0) is 14.8. The van der Waals surface area contributed by atoms with E-state index in [-0.39, 0.29) is 0 Å². The molecule has 1 aliphatic rings. The van der Waals surface area contributed by atoms with Gasteiger partial charge in [0.15, 0.2) is 0 Å². The summed E-state index contributed by atoms with van der Waals surface area (Å²) in [6.07, 6.45) is 1.17. The molecule has 1 fully saturated rings. The van der Waals surface area contributed by atoms with Gasteiger partial charge in [0, 0.05) is 25.7 Å². The molecule has 1 aliphatic heterocycles. The van der Waals surface area contributed by atoms with E-state index in [0.717, 1.165) is 42.8 Å². The molecule has 1 saturated heterocycles. The molecule has 0 radical (unpaired) electrons. The highest BCUT2D eigenvalue weighted by atomic mass is 32.1. The Morgan fingerprint density at radius 3 is 3.05 bits per heavy atom. The predicted molar refractivity (Wildman–Crippen MR) is 90.5 cm³/mol. The molecule has 0 amide bonds. The summed E-state index contributed by atoms with van der Waals surface area (Å²) in [4.78, 5) is 15.3. The first kappa shape index (κ1) is 14.5. The molecule has 114 valence electrons. The van der Waals surface area contributed by atoms with Crippen LogP contribution in [0.3, 0.4) is 0 Å². The third kappa shape index (κ3) is 2.96. The summed E-state index contributed by atoms with van der Waals surface area (Å²) in [6, 6.07) is 2.61. The second-order valence-electron chi connectivity index (χ2n) is 5.70. The molecule has 0 saturated carbocycles. The fraction of sp³-hybridized carbons (Fsp3) is 0.600. The van der Waals surface area contributed by atoms with Crippen molar-refractivity contribution >= 4 is 33.3 Å². The lowest BCUT2D eigenvalue weighted by Crippen LogP contribution is -2.38. The van der Waals surface area contributed by atoms with Gasteiger partial charge in [-0.25, -0.2) is 4.98 Å². The lowest BCUT2D eigenvalue weighted by atomic mass is 10.2.